The Labute approximate surface area is 140 Å². The maximum Gasteiger partial charge on any atom is 0.163 e. The minimum Gasteiger partial charge on any atom is -0.368 e. The van der Waals surface area contributed by atoms with Crippen LogP contribution < -0.4 is 5.32 Å². The number of anilines is 1. The molecule has 1 unspecified atom stereocenters. The number of hydrogen-bond acceptors (Lipinski definition) is 5. The van der Waals surface area contributed by atoms with E-state index < -0.39 is 0 Å². The van der Waals surface area contributed by atoms with Crippen molar-refractivity contribution >= 4 is 16.9 Å². The van der Waals surface area contributed by atoms with E-state index in [0.717, 1.165) is 36.3 Å². The fourth-order valence-electron chi connectivity index (χ4n) is 3.51. The van der Waals surface area contributed by atoms with E-state index in [0.29, 0.717) is 6.54 Å². The summed E-state index contributed by atoms with van der Waals surface area (Å²) in [6.45, 7) is 3.59. The first-order valence-corrected chi connectivity index (χ1v) is 8.32. The maximum atomic E-state index is 6.25. The molecule has 2 aromatic heterocycles. The van der Waals surface area contributed by atoms with Crippen LogP contribution in [0.4, 0.5) is 5.82 Å². The number of rotatable bonds is 4. The predicted molar refractivity (Wildman–Crippen MR) is 92.9 cm³/mol. The number of nitrogens with zero attached hydrogens (tertiary/aromatic N) is 4. The SMILES string of the molecule is CCC1(CNc2ncnc3c2cnn3C)OCCc2ccccc21. The van der Waals surface area contributed by atoms with Crippen LogP contribution in [0.1, 0.15) is 24.5 Å². The largest absolute Gasteiger partial charge is 0.368 e. The highest BCUT2D eigenvalue weighted by Crippen LogP contribution is 2.36. The lowest BCUT2D eigenvalue weighted by atomic mass is 9.84. The Bertz CT molecular complexity index is 875. The number of benzene rings is 1. The summed E-state index contributed by atoms with van der Waals surface area (Å²) in [5, 5.41) is 8.67. The van der Waals surface area contributed by atoms with Gasteiger partial charge in [0.05, 0.1) is 18.2 Å². The van der Waals surface area contributed by atoms with E-state index in [4.69, 9.17) is 4.74 Å². The Morgan fingerprint density at radius 2 is 2.17 bits per heavy atom. The lowest BCUT2D eigenvalue weighted by molar-refractivity contribution is -0.0532. The number of aryl methyl sites for hydroxylation is 1. The summed E-state index contributed by atoms with van der Waals surface area (Å²) >= 11 is 0. The topological polar surface area (TPSA) is 64.9 Å². The highest BCUT2D eigenvalue weighted by molar-refractivity contribution is 5.86. The molecule has 24 heavy (non-hydrogen) atoms. The van der Waals surface area contributed by atoms with Gasteiger partial charge in [0.25, 0.3) is 0 Å². The van der Waals surface area contributed by atoms with Crippen LogP contribution in [-0.4, -0.2) is 32.9 Å². The van der Waals surface area contributed by atoms with Crippen LogP contribution in [0, 0.1) is 0 Å². The summed E-state index contributed by atoms with van der Waals surface area (Å²) in [4.78, 5) is 8.68. The molecule has 1 aliphatic heterocycles. The van der Waals surface area contributed by atoms with Crippen molar-refractivity contribution in [1.82, 2.24) is 19.7 Å². The molecule has 6 heteroatoms. The van der Waals surface area contributed by atoms with Crippen molar-refractivity contribution in [1.29, 1.82) is 0 Å². The smallest absolute Gasteiger partial charge is 0.163 e. The van der Waals surface area contributed by atoms with Crippen molar-refractivity contribution < 1.29 is 4.74 Å². The van der Waals surface area contributed by atoms with E-state index in [1.165, 1.54) is 11.1 Å². The van der Waals surface area contributed by atoms with Gasteiger partial charge in [-0.15, -0.1) is 0 Å². The van der Waals surface area contributed by atoms with Crippen molar-refractivity contribution in [3.63, 3.8) is 0 Å². The molecule has 1 N–H and O–H groups in total. The summed E-state index contributed by atoms with van der Waals surface area (Å²) in [5.74, 6) is 0.799. The fraction of sp³-hybridized carbons (Fsp3) is 0.389. The molecule has 0 saturated heterocycles. The van der Waals surface area contributed by atoms with Crippen LogP contribution in [0.15, 0.2) is 36.8 Å². The van der Waals surface area contributed by atoms with Crippen molar-refractivity contribution in [2.75, 3.05) is 18.5 Å². The molecular formula is C18H21N5O. The van der Waals surface area contributed by atoms with Gasteiger partial charge in [-0.3, -0.25) is 4.68 Å². The van der Waals surface area contributed by atoms with Crippen LogP contribution in [-0.2, 0) is 23.8 Å². The van der Waals surface area contributed by atoms with Crippen molar-refractivity contribution in [2.45, 2.75) is 25.4 Å². The molecule has 0 amide bonds. The monoisotopic (exact) mass is 323 g/mol. The van der Waals surface area contributed by atoms with Crippen LogP contribution in [0.3, 0.4) is 0 Å². The van der Waals surface area contributed by atoms with E-state index in [-0.39, 0.29) is 5.60 Å². The molecular weight excluding hydrogens is 302 g/mol. The Morgan fingerprint density at radius 1 is 1.29 bits per heavy atom. The minimum absolute atomic E-state index is 0.325. The Hall–Kier alpha value is -2.47. The first-order valence-electron chi connectivity index (χ1n) is 8.32. The van der Waals surface area contributed by atoms with Crippen molar-refractivity contribution in [3.8, 4) is 0 Å². The number of nitrogens with one attached hydrogen (secondary N) is 1. The first kappa shape index (κ1) is 15.1. The second kappa shape index (κ2) is 5.87. The number of aromatic nitrogens is 4. The predicted octanol–water partition coefficient (Wildman–Crippen LogP) is 2.65. The summed E-state index contributed by atoms with van der Waals surface area (Å²) in [5.41, 5.74) is 3.15. The number of hydrogen-bond donors (Lipinski definition) is 1. The Balaban J connectivity index is 1.67. The molecule has 0 aliphatic carbocycles. The Morgan fingerprint density at radius 3 is 3.04 bits per heavy atom. The highest BCUT2D eigenvalue weighted by Gasteiger charge is 2.36. The molecule has 3 heterocycles. The fourth-order valence-corrected chi connectivity index (χ4v) is 3.51. The third-order valence-corrected chi connectivity index (χ3v) is 4.90. The summed E-state index contributed by atoms with van der Waals surface area (Å²) in [6, 6.07) is 8.56. The van der Waals surface area contributed by atoms with Gasteiger partial charge in [0.15, 0.2) is 5.65 Å². The second-order valence-corrected chi connectivity index (χ2v) is 6.18. The van der Waals surface area contributed by atoms with Gasteiger partial charge in [-0.2, -0.15) is 5.10 Å². The second-order valence-electron chi connectivity index (χ2n) is 6.18. The normalized spacial score (nSPS) is 20.1. The van der Waals surface area contributed by atoms with Crippen LogP contribution >= 0.6 is 0 Å². The molecule has 1 aliphatic rings. The van der Waals surface area contributed by atoms with Gasteiger partial charge in [-0.25, -0.2) is 9.97 Å². The van der Waals surface area contributed by atoms with Crippen LogP contribution in [0.25, 0.3) is 11.0 Å². The molecule has 0 fully saturated rings. The van der Waals surface area contributed by atoms with E-state index >= 15 is 0 Å². The lowest BCUT2D eigenvalue weighted by Crippen LogP contribution is -2.41. The summed E-state index contributed by atoms with van der Waals surface area (Å²) in [7, 11) is 1.88. The number of ether oxygens (including phenoxy) is 1. The minimum atomic E-state index is -0.325. The standard InChI is InChI=1S/C18H21N5O/c1-3-18(15-7-5-4-6-13(15)8-9-24-18)11-19-16-14-10-22-23(2)17(14)21-12-20-16/h4-7,10,12H,3,8-9,11H2,1-2H3,(H,19,20,21). The van der Waals surface area contributed by atoms with E-state index in [1.807, 2.05) is 7.05 Å². The maximum absolute atomic E-state index is 6.25. The molecule has 0 spiro atoms. The van der Waals surface area contributed by atoms with Gasteiger partial charge in [0, 0.05) is 13.6 Å². The average Bonchev–Trinajstić information content (AvgIpc) is 3.02. The zero-order chi connectivity index (χ0) is 16.6. The van der Waals surface area contributed by atoms with E-state index in [2.05, 4.69) is 51.6 Å². The highest BCUT2D eigenvalue weighted by atomic mass is 16.5. The molecule has 1 aromatic carbocycles. The van der Waals surface area contributed by atoms with Gasteiger partial charge in [-0.1, -0.05) is 31.2 Å². The molecule has 1 atom stereocenters. The zero-order valence-electron chi connectivity index (χ0n) is 14.0. The quantitative estimate of drug-likeness (QED) is 0.799. The molecule has 0 bridgehead atoms. The van der Waals surface area contributed by atoms with Crippen LogP contribution in [0.2, 0.25) is 0 Å². The first-order chi connectivity index (χ1) is 11.7. The van der Waals surface area contributed by atoms with E-state index in [1.54, 1.807) is 17.2 Å². The van der Waals surface area contributed by atoms with E-state index in [9.17, 15) is 0 Å². The molecule has 4 rings (SSSR count). The number of fused-ring (bicyclic) bond motifs is 2. The summed E-state index contributed by atoms with van der Waals surface area (Å²) < 4.78 is 8.01. The molecule has 6 nitrogen and oxygen atoms in total. The summed E-state index contributed by atoms with van der Waals surface area (Å²) in [6.07, 6.45) is 5.24. The van der Waals surface area contributed by atoms with Gasteiger partial charge < -0.3 is 10.1 Å². The van der Waals surface area contributed by atoms with Crippen molar-refractivity contribution in [2.24, 2.45) is 7.05 Å². The van der Waals surface area contributed by atoms with Gasteiger partial charge in [0.1, 0.15) is 17.7 Å². The zero-order valence-corrected chi connectivity index (χ0v) is 14.0. The van der Waals surface area contributed by atoms with Gasteiger partial charge in [-0.05, 0) is 24.0 Å². The molecule has 3 aromatic rings. The molecule has 124 valence electrons. The van der Waals surface area contributed by atoms with Crippen LogP contribution in [0.5, 0.6) is 0 Å². The Kier molecular flexibility index (Phi) is 3.69. The lowest BCUT2D eigenvalue weighted by Gasteiger charge is -2.39. The molecule has 0 radical (unpaired) electrons. The average molecular weight is 323 g/mol. The third-order valence-electron chi connectivity index (χ3n) is 4.90. The van der Waals surface area contributed by atoms with Crippen molar-refractivity contribution in [3.05, 3.63) is 47.9 Å². The molecule has 0 saturated carbocycles. The van der Waals surface area contributed by atoms with Gasteiger partial charge in [0.2, 0.25) is 0 Å². The third kappa shape index (κ3) is 2.34. The van der Waals surface area contributed by atoms with Gasteiger partial charge >= 0.3 is 0 Å².